The third-order valence-corrected chi connectivity index (χ3v) is 3.04. The summed E-state index contributed by atoms with van der Waals surface area (Å²) in [6.07, 6.45) is 0.591. The summed E-state index contributed by atoms with van der Waals surface area (Å²) in [5.74, 6) is -2.16. The third kappa shape index (κ3) is 1.08. The first kappa shape index (κ1) is 9.33. The second kappa shape index (κ2) is 2.81. The molecule has 0 aromatic heterocycles. The summed E-state index contributed by atoms with van der Waals surface area (Å²) < 4.78 is 13.5. The van der Waals surface area contributed by atoms with E-state index in [1.165, 1.54) is 12.1 Å². The average molecular weight is 221 g/mol. The largest absolute Gasteiger partial charge is 0.508 e. The van der Waals surface area contributed by atoms with Crippen molar-refractivity contribution < 1.29 is 19.1 Å². The number of amides is 2. The number of nitrogens with zero attached hydrogens (tertiary/aromatic N) is 1. The van der Waals surface area contributed by atoms with Crippen molar-refractivity contribution in [3.05, 3.63) is 24.0 Å². The number of anilines is 1. The number of phenolic OH excluding ortho intramolecular Hbond substituents is 1. The fourth-order valence-corrected chi connectivity index (χ4v) is 2.10. The number of carbonyl (C=O) groups excluding carboxylic acids is 2. The molecule has 1 aromatic rings. The molecule has 2 fully saturated rings. The quantitative estimate of drug-likeness (QED) is 0.721. The summed E-state index contributed by atoms with van der Waals surface area (Å²) in [5.41, 5.74) is -0.0694. The lowest BCUT2D eigenvalue weighted by molar-refractivity contribution is -0.123. The van der Waals surface area contributed by atoms with E-state index in [0.717, 1.165) is 11.0 Å². The molecule has 1 heterocycles. The Labute approximate surface area is 90.3 Å². The number of halogens is 1. The van der Waals surface area contributed by atoms with E-state index < -0.39 is 5.82 Å². The lowest BCUT2D eigenvalue weighted by Gasteiger charge is -2.16. The van der Waals surface area contributed by atoms with Gasteiger partial charge in [-0.2, -0.15) is 0 Å². The Morgan fingerprint density at radius 3 is 2.44 bits per heavy atom. The van der Waals surface area contributed by atoms with Gasteiger partial charge < -0.3 is 5.11 Å². The molecule has 1 aliphatic heterocycles. The van der Waals surface area contributed by atoms with Gasteiger partial charge in [-0.15, -0.1) is 0 Å². The van der Waals surface area contributed by atoms with E-state index >= 15 is 0 Å². The minimum Gasteiger partial charge on any atom is -0.508 e. The Morgan fingerprint density at radius 2 is 1.88 bits per heavy atom. The first-order chi connectivity index (χ1) is 7.59. The lowest BCUT2D eigenvalue weighted by Crippen LogP contribution is -2.33. The number of phenols is 1. The number of hydrogen-bond donors (Lipinski definition) is 1. The molecular formula is C11H8FNO3. The highest BCUT2D eigenvalue weighted by atomic mass is 19.1. The topological polar surface area (TPSA) is 57.6 Å². The number of imide groups is 1. The number of aromatic hydroxyl groups is 1. The second-order valence-electron chi connectivity index (χ2n) is 4.10. The molecule has 2 atom stereocenters. The van der Waals surface area contributed by atoms with Crippen LogP contribution in [-0.4, -0.2) is 16.9 Å². The molecule has 1 aromatic carbocycles. The van der Waals surface area contributed by atoms with Gasteiger partial charge >= 0.3 is 0 Å². The SMILES string of the molecule is O=C1C2CC2C(=O)N1c1ccc(O)cc1F. The summed E-state index contributed by atoms with van der Waals surface area (Å²) in [4.78, 5) is 24.2. The van der Waals surface area contributed by atoms with Crippen LogP contribution in [0.15, 0.2) is 18.2 Å². The van der Waals surface area contributed by atoms with E-state index in [1.807, 2.05) is 0 Å². The Bertz CT molecular complexity index is 494. The lowest BCUT2D eigenvalue weighted by atomic mass is 10.2. The monoisotopic (exact) mass is 221 g/mol. The molecular weight excluding hydrogens is 213 g/mol. The predicted octanol–water partition coefficient (Wildman–Crippen LogP) is 1.04. The molecule has 5 heteroatoms. The van der Waals surface area contributed by atoms with Crippen molar-refractivity contribution in [2.45, 2.75) is 6.42 Å². The average Bonchev–Trinajstić information content (AvgIpc) is 2.96. The fraction of sp³-hybridized carbons (Fsp3) is 0.273. The zero-order chi connectivity index (χ0) is 11.4. The van der Waals surface area contributed by atoms with Crippen molar-refractivity contribution in [1.29, 1.82) is 0 Å². The number of benzene rings is 1. The Hall–Kier alpha value is -1.91. The first-order valence-corrected chi connectivity index (χ1v) is 4.96. The van der Waals surface area contributed by atoms with E-state index in [2.05, 4.69) is 0 Å². The molecule has 2 unspecified atom stereocenters. The van der Waals surface area contributed by atoms with Crippen LogP contribution in [0.2, 0.25) is 0 Å². The van der Waals surface area contributed by atoms with Gasteiger partial charge in [-0.25, -0.2) is 9.29 Å². The van der Waals surface area contributed by atoms with Crippen LogP contribution in [0.1, 0.15) is 6.42 Å². The number of hydrogen-bond acceptors (Lipinski definition) is 3. The van der Waals surface area contributed by atoms with Gasteiger partial charge in [0.05, 0.1) is 17.5 Å². The van der Waals surface area contributed by atoms with Crippen LogP contribution < -0.4 is 4.90 Å². The zero-order valence-corrected chi connectivity index (χ0v) is 8.18. The highest BCUT2D eigenvalue weighted by molar-refractivity contribution is 6.24. The predicted molar refractivity (Wildman–Crippen MR) is 52.2 cm³/mol. The van der Waals surface area contributed by atoms with E-state index in [0.29, 0.717) is 6.42 Å². The van der Waals surface area contributed by atoms with Crippen LogP contribution in [-0.2, 0) is 9.59 Å². The molecule has 1 aliphatic carbocycles. The normalized spacial score (nSPS) is 27.2. The maximum atomic E-state index is 13.5. The number of rotatable bonds is 1. The van der Waals surface area contributed by atoms with E-state index in [-0.39, 0.29) is 35.1 Å². The van der Waals surface area contributed by atoms with Crippen LogP contribution in [0.4, 0.5) is 10.1 Å². The molecule has 0 bridgehead atoms. The molecule has 2 amide bonds. The van der Waals surface area contributed by atoms with Crippen molar-refractivity contribution in [2.24, 2.45) is 11.8 Å². The van der Waals surface area contributed by atoms with Crippen LogP contribution in [0.3, 0.4) is 0 Å². The third-order valence-electron chi connectivity index (χ3n) is 3.04. The maximum Gasteiger partial charge on any atom is 0.237 e. The summed E-state index contributed by atoms with van der Waals surface area (Å²) >= 11 is 0. The van der Waals surface area contributed by atoms with Crippen LogP contribution >= 0.6 is 0 Å². The van der Waals surface area contributed by atoms with Crippen molar-refractivity contribution in [3.63, 3.8) is 0 Å². The van der Waals surface area contributed by atoms with Crippen molar-refractivity contribution >= 4 is 17.5 Å². The smallest absolute Gasteiger partial charge is 0.237 e. The zero-order valence-electron chi connectivity index (χ0n) is 8.18. The Kier molecular flexibility index (Phi) is 1.64. The molecule has 1 saturated carbocycles. The summed E-state index contributed by atoms with van der Waals surface area (Å²) in [7, 11) is 0. The van der Waals surface area contributed by atoms with Gasteiger partial charge in [0.1, 0.15) is 5.75 Å². The van der Waals surface area contributed by atoms with Gasteiger partial charge in [0.2, 0.25) is 11.8 Å². The molecule has 2 aliphatic rings. The van der Waals surface area contributed by atoms with Gasteiger partial charge in [-0.3, -0.25) is 9.59 Å². The van der Waals surface area contributed by atoms with Gasteiger partial charge in [-0.05, 0) is 18.6 Å². The number of carbonyl (C=O) groups is 2. The molecule has 82 valence electrons. The highest BCUT2D eigenvalue weighted by Crippen LogP contribution is 2.48. The summed E-state index contributed by atoms with van der Waals surface area (Å²) in [6, 6.07) is 3.38. The van der Waals surface area contributed by atoms with Crippen LogP contribution in [0.5, 0.6) is 5.75 Å². The summed E-state index contributed by atoms with van der Waals surface area (Å²) in [6.45, 7) is 0. The van der Waals surface area contributed by atoms with Gasteiger partial charge in [-0.1, -0.05) is 0 Å². The fourth-order valence-electron chi connectivity index (χ4n) is 2.10. The van der Waals surface area contributed by atoms with Crippen LogP contribution in [0.25, 0.3) is 0 Å². The summed E-state index contributed by atoms with van der Waals surface area (Å²) in [5, 5.41) is 9.04. The standard InChI is InChI=1S/C11H8FNO3/c12-8-3-5(14)1-2-9(8)13-10(15)6-4-7(6)11(13)16/h1-3,6-7,14H,4H2. The van der Waals surface area contributed by atoms with Gasteiger partial charge in [0.25, 0.3) is 0 Å². The van der Waals surface area contributed by atoms with Crippen LogP contribution in [0, 0.1) is 17.7 Å². The molecule has 0 radical (unpaired) electrons. The molecule has 0 spiro atoms. The Morgan fingerprint density at radius 1 is 1.25 bits per heavy atom. The second-order valence-corrected chi connectivity index (χ2v) is 4.10. The number of piperidine rings is 1. The van der Waals surface area contributed by atoms with Crippen molar-refractivity contribution in [3.8, 4) is 5.75 Å². The van der Waals surface area contributed by atoms with Crippen molar-refractivity contribution in [2.75, 3.05) is 4.90 Å². The van der Waals surface area contributed by atoms with Gasteiger partial charge in [0.15, 0.2) is 5.82 Å². The maximum absolute atomic E-state index is 13.5. The first-order valence-electron chi connectivity index (χ1n) is 4.96. The van der Waals surface area contributed by atoms with E-state index in [4.69, 9.17) is 5.11 Å². The number of fused-ring (bicyclic) bond motifs is 1. The molecule has 16 heavy (non-hydrogen) atoms. The van der Waals surface area contributed by atoms with E-state index in [1.54, 1.807) is 0 Å². The van der Waals surface area contributed by atoms with Crippen molar-refractivity contribution in [1.82, 2.24) is 0 Å². The molecule has 1 saturated heterocycles. The van der Waals surface area contributed by atoms with Gasteiger partial charge in [0, 0.05) is 6.07 Å². The van der Waals surface area contributed by atoms with E-state index in [9.17, 15) is 14.0 Å². The molecule has 1 N–H and O–H groups in total. The minimum absolute atomic E-state index is 0.0694. The minimum atomic E-state index is -0.761. The molecule has 3 rings (SSSR count). The highest BCUT2D eigenvalue weighted by Gasteiger charge is 2.59. The Balaban J connectivity index is 2.04. The molecule has 4 nitrogen and oxygen atoms in total.